The van der Waals surface area contributed by atoms with Crippen LogP contribution in [0.3, 0.4) is 0 Å². The van der Waals surface area contributed by atoms with Crippen LogP contribution in [0.4, 0.5) is 0 Å². The highest BCUT2D eigenvalue weighted by molar-refractivity contribution is 7.89. The molecule has 2 aromatic carbocycles. The second kappa shape index (κ2) is 9.66. The lowest BCUT2D eigenvalue weighted by Gasteiger charge is -2.37. The molecule has 0 saturated carbocycles. The van der Waals surface area contributed by atoms with Crippen LogP contribution in [-0.2, 0) is 14.8 Å². The van der Waals surface area contributed by atoms with E-state index in [1.54, 1.807) is 19.2 Å². The van der Waals surface area contributed by atoms with Gasteiger partial charge in [-0.3, -0.25) is 0 Å². The van der Waals surface area contributed by atoms with Gasteiger partial charge in [0, 0.05) is 19.1 Å². The standard InChI is InChI=1S/C20H26N2O3S.ClH/c1-25-16-20(11-13-21-14-12-20)15-22-26(23,24)19-9-7-18(8-10-19)17-5-3-2-4-6-17;/h2-10,21-22H,11-16H2,1H3;1H. The third-order valence-electron chi connectivity index (χ3n) is 5.02. The van der Waals surface area contributed by atoms with E-state index in [0.29, 0.717) is 18.0 Å². The quantitative estimate of drug-likeness (QED) is 0.736. The summed E-state index contributed by atoms with van der Waals surface area (Å²) in [5.74, 6) is 0. The Balaban J connectivity index is 0.00000261. The normalized spacial score (nSPS) is 16.5. The molecule has 0 bridgehead atoms. The Morgan fingerprint density at radius 2 is 1.59 bits per heavy atom. The third kappa shape index (κ3) is 5.53. The van der Waals surface area contributed by atoms with Gasteiger partial charge in [0.25, 0.3) is 0 Å². The van der Waals surface area contributed by atoms with E-state index in [1.807, 2.05) is 42.5 Å². The number of hydrogen-bond acceptors (Lipinski definition) is 4. The second-order valence-electron chi connectivity index (χ2n) is 6.90. The summed E-state index contributed by atoms with van der Waals surface area (Å²) in [7, 11) is -1.87. The first-order valence-corrected chi connectivity index (χ1v) is 10.4. The predicted molar refractivity (Wildman–Crippen MR) is 111 cm³/mol. The minimum Gasteiger partial charge on any atom is -0.384 e. The van der Waals surface area contributed by atoms with Crippen LogP contribution < -0.4 is 10.0 Å². The highest BCUT2D eigenvalue weighted by Gasteiger charge is 2.33. The zero-order valence-corrected chi connectivity index (χ0v) is 17.1. The van der Waals surface area contributed by atoms with E-state index in [0.717, 1.165) is 37.1 Å². The molecule has 0 aliphatic carbocycles. The first-order valence-electron chi connectivity index (χ1n) is 8.90. The van der Waals surface area contributed by atoms with Crippen LogP contribution in [0.1, 0.15) is 12.8 Å². The molecule has 27 heavy (non-hydrogen) atoms. The Labute approximate surface area is 168 Å². The fourth-order valence-electron chi connectivity index (χ4n) is 3.42. The monoisotopic (exact) mass is 410 g/mol. The second-order valence-corrected chi connectivity index (χ2v) is 8.66. The van der Waals surface area contributed by atoms with Crippen molar-refractivity contribution in [3.05, 3.63) is 54.6 Å². The minimum absolute atomic E-state index is 0. The van der Waals surface area contributed by atoms with Gasteiger partial charge < -0.3 is 10.1 Å². The number of ether oxygens (including phenoxy) is 1. The number of nitrogens with one attached hydrogen (secondary N) is 2. The summed E-state index contributed by atoms with van der Waals surface area (Å²) in [4.78, 5) is 0.290. The van der Waals surface area contributed by atoms with Gasteiger partial charge in [-0.1, -0.05) is 42.5 Å². The number of halogens is 1. The van der Waals surface area contributed by atoms with E-state index in [2.05, 4.69) is 10.0 Å². The topological polar surface area (TPSA) is 67.4 Å². The van der Waals surface area contributed by atoms with Gasteiger partial charge in [0.2, 0.25) is 10.0 Å². The van der Waals surface area contributed by atoms with Gasteiger partial charge in [0.1, 0.15) is 0 Å². The molecule has 2 N–H and O–H groups in total. The molecule has 0 aromatic heterocycles. The van der Waals surface area contributed by atoms with E-state index in [4.69, 9.17) is 4.74 Å². The summed E-state index contributed by atoms with van der Waals surface area (Å²) in [6.07, 6.45) is 1.80. The van der Waals surface area contributed by atoms with Gasteiger partial charge in [0.15, 0.2) is 0 Å². The van der Waals surface area contributed by atoms with Gasteiger partial charge in [0.05, 0.1) is 11.5 Å². The molecule has 1 heterocycles. The van der Waals surface area contributed by atoms with Crippen LogP contribution in [0.5, 0.6) is 0 Å². The molecule has 1 aliphatic rings. The summed E-state index contributed by atoms with van der Waals surface area (Å²) in [6, 6.07) is 16.9. The van der Waals surface area contributed by atoms with Crippen molar-refractivity contribution in [3.63, 3.8) is 0 Å². The molecular weight excluding hydrogens is 384 g/mol. The number of methoxy groups -OCH3 is 1. The number of piperidine rings is 1. The first-order chi connectivity index (χ1) is 12.5. The average molecular weight is 411 g/mol. The van der Waals surface area contributed by atoms with Crippen molar-refractivity contribution in [2.24, 2.45) is 5.41 Å². The van der Waals surface area contributed by atoms with Crippen molar-refractivity contribution >= 4 is 22.4 Å². The summed E-state index contributed by atoms with van der Waals surface area (Å²) in [6.45, 7) is 2.73. The highest BCUT2D eigenvalue weighted by atomic mass is 35.5. The molecule has 1 saturated heterocycles. The minimum atomic E-state index is -3.54. The summed E-state index contributed by atoms with van der Waals surface area (Å²) in [5.41, 5.74) is 1.92. The number of rotatable bonds is 7. The van der Waals surface area contributed by atoms with Gasteiger partial charge in [-0.25, -0.2) is 13.1 Å². The molecule has 3 rings (SSSR count). The molecule has 148 valence electrons. The van der Waals surface area contributed by atoms with Crippen molar-refractivity contribution in [2.75, 3.05) is 33.4 Å². The highest BCUT2D eigenvalue weighted by Crippen LogP contribution is 2.29. The van der Waals surface area contributed by atoms with Gasteiger partial charge in [-0.15, -0.1) is 12.4 Å². The van der Waals surface area contributed by atoms with Crippen molar-refractivity contribution in [1.82, 2.24) is 10.0 Å². The Kier molecular flexibility index (Phi) is 7.82. The summed E-state index contributed by atoms with van der Waals surface area (Å²) in [5, 5.41) is 3.32. The van der Waals surface area contributed by atoms with Crippen LogP contribution in [-0.4, -0.2) is 41.8 Å². The van der Waals surface area contributed by atoms with Crippen LogP contribution in [0, 0.1) is 5.41 Å². The maximum atomic E-state index is 12.7. The first kappa shape index (κ1) is 21.9. The van der Waals surface area contributed by atoms with E-state index in [1.165, 1.54) is 0 Å². The number of hydrogen-bond donors (Lipinski definition) is 2. The van der Waals surface area contributed by atoms with Crippen molar-refractivity contribution in [3.8, 4) is 11.1 Å². The fourth-order valence-corrected chi connectivity index (χ4v) is 4.58. The third-order valence-corrected chi connectivity index (χ3v) is 6.44. The van der Waals surface area contributed by atoms with E-state index < -0.39 is 10.0 Å². The molecule has 2 aromatic rings. The number of benzene rings is 2. The molecule has 0 atom stereocenters. The lowest BCUT2D eigenvalue weighted by Crippen LogP contribution is -2.47. The Bertz CT molecular complexity index is 799. The smallest absolute Gasteiger partial charge is 0.240 e. The van der Waals surface area contributed by atoms with Crippen LogP contribution in [0.25, 0.3) is 11.1 Å². The Hall–Kier alpha value is -1.44. The molecule has 0 unspecified atom stereocenters. The molecule has 0 amide bonds. The zero-order chi connectivity index (χ0) is 18.5. The molecule has 7 heteroatoms. The maximum Gasteiger partial charge on any atom is 0.240 e. The Morgan fingerprint density at radius 3 is 2.19 bits per heavy atom. The summed E-state index contributed by atoms with van der Waals surface area (Å²) < 4.78 is 33.6. The summed E-state index contributed by atoms with van der Waals surface area (Å²) >= 11 is 0. The number of sulfonamides is 1. The van der Waals surface area contributed by atoms with Crippen LogP contribution in [0.15, 0.2) is 59.5 Å². The molecular formula is C20H27ClN2O3S. The van der Waals surface area contributed by atoms with E-state index in [-0.39, 0.29) is 17.8 Å². The van der Waals surface area contributed by atoms with E-state index in [9.17, 15) is 8.42 Å². The molecule has 1 fully saturated rings. The van der Waals surface area contributed by atoms with Crippen molar-refractivity contribution in [1.29, 1.82) is 0 Å². The molecule has 0 radical (unpaired) electrons. The predicted octanol–water partition coefficient (Wildman–Crippen LogP) is 3.07. The average Bonchev–Trinajstić information content (AvgIpc) is 2.68. The van der Waals surface area contributed by atoms with Gasteiger partial charge in [-0.05, 0) is 49.2 Å². The van der Waals surface area contributed by atoms with Crippen LogP contribution >= 0.6 is 12.4 Å². The van der Waals surface area contributed by atoms with Crippen molar-refractivity contribution in [2.45, 2.75) is 17.7 Å². The lowest BCUT2D eigenvalue weighted by atomic mass is 9.80. The van der Waals surface area contributed by atoms with Gasteiger partial charge >= 0.3 is 0 Å². The van der Waals surface area contributed by atoms with Crippen LogP contribution in [0.2, 0.25) is 0 Å². The zero-order valence-electron chi connectivity index (χ0n) is 15.5. The fraction of sp³-hybridized carbons (Fsp3) is 0.400. The van der Waals surface area contributed by atoms with E-state index >= 15 is 0 Å². The van der Waals surface area contributed by atoms with Gasteiger partial charge in [-0.2, -0.15) is 0 Å². The molecule has 0 spiro atoms. The Morgan fingerprint density at radius 1 is 1.00 bits per heavy atom. The maximum absolute atomic E-state index is 12.7. The lowest BCUT2D eigenvalue weighted by molar-refractivity contribution is 0.0577. The SMILES string of the molecule is COCC1(CNS(=O)(=O)c2ccc(-c3ccccc3)cc2)CCNCC1.Cl. The van der Waals surface area contributed by atoms with Crippen molar-refractivity contribution < 1.29 is 13.2 Å². The molecule has 1 aliphatic heterocycles. The largest absolute Gasteiger partial charge is 0.384 e. The molecule has 5 nitrogen and oxygen atoms in total.